The van der Waals surface area contributed by atoms with Crippen molar-refractivity contribution in [3.63, 3.8) is 0 Å². The van der Waals surface area contributed by atoms with E-state index in [2.05, 4.69) is 4.98 Å². The Hall–Kier alpha value is -1.22. The third-order valence-electron chi connectivity index (χ3n) is 2.74. The normalized spacial score (nSPS) is 11.9. The topological polar surface area (TPSA) is 94.8 Å². The molecule has 1 rings (SSSR count). The largest absolute Gasteiger partial charge is 0.398 e. The average Bonchev–Trinajstić information content (AvgIpc) is 2.42. The zero-order chi connectivity index (χ0) is 15.0. The molecule has 7 nitrogen and oxygen atoms in total. The van der Waals surface area contributed by atoms with Crippen LogP contribution in [0.2, 0.25) is 0 Å². The summed E-state index contributed by atoms with van der Waals surface area (Å²) in [6, 6.07) is 1.47. The third-order valence-corrected chi connectivity index (χ3v) is 4.68. The highest BCUT2D eigenvalue weighted by Gasteiger charge is 2.26. The molecule has 0 aliphatic heterocycles. The zero-order valence-electron chi connectivity index (χ0n) is 11.8. The van der Waals surface area contributed by atoms with Gasteiger partial charge >= 0.3 is 0 Å². The summed E-state index contributed by atoms with van der Waals surface area (Å²) in [6.07, 6.45) is 3.32. The summed E-state index contributed by atoms with van der Waals surface area (Å²) < 4.78 is 36.4. The molecule has 0 saturated carbocycles. The summed E-state index contributed by atoms with van der Waals surface area (Å²) in [4.78, 5) is 3.85. The lowest BCUT2D eigenvalue weighted by molar-refractivity contribution is 0.164. The van der Waals surface area contributed by atoms with E-state index >= 15 is 0 Å². The monoisotopic (exact) mass is 303 g/mol. The summed E-state index contributed by atoms with van der Waals surface area (Å²) in [5.74, 6) is 0. The van der Waals surface area contributed by atoms with Crippen LogP contribution in [-0.4, -0.2) is 58.2 Å². The minimum atomic E-state index is -3.67. The fraction of sp³-hybridized carbons (Fsp3) is 0.583. The van der Waals surface area contributed by atoms with Gasteiger partial charge in [-0.3, -0.25) is 4.98 Å². The number of nitrogens with zero attached hydrogens (tertiary/aromatic N) is 2. The molecule has 114 valence electrons. The second-order valence-corrected chi connectivity index (χ2v) is 6.06. The number of hydrogen-bond acceptors (Lipinski definition) is 6. The van der Waals surface area contributed by atoms with Gasteiger partial charge < -0.3 is 15.2 Å². The van der Waals surface area contributed by atoms with Crippen molar-refractivity contribution in [1.82, 2.24) is 9.29 Å². The van der Waals surface area contributed by atoms with E-state index in [9.17, 15) is 8.42 Å². The molecular weight excluding hydrogens is 282 g/mol. The quantitative estimate of drug-likeness (QED) is 0.661. The molecule has 0 saturated heterocycles. The molecule has 0 radical (unpaired) electrons. The Labute approximate surface area is 119 Å². The number of nitrogens with two attached hydrogens (primary N) is 1. The lowest BCUT2D eigenvalue weighted by Gasteiger charge is -2.22. The maximum atomic E-state index is 12.6. The minimum Gasteiger partial charge on any atom is -0.398 e. The highest BCUT2D eigenvalue weighted by atomic mass is 32.2. The standard InChI is InChI=1S/C12H21N3O4S/c1-18-8-3-6-15(7-9-19-2)20(16,17)12-10-14-5-4-11(12)13/h4-5,10H,3,6-9H2,1-2H3,(H2,13,14). The van der Waals surface area contributed by atoms with Crippen molar-refractivity contribution in [2.24, 2.45) is 0 Å². The van der Waals surface area contributed by atoms with Crippen molar-refractivity contribution in [3.8, 4) is 0 Å². The van der Waals surface area contributed by atoms with E-state index in [1.807, 2.05) is 0 Å². The van der Waals surface area contributed by atoms with Gasteiger partial charge in [0.25, 0.3) is 0 Å². The first kappa shape index (κ1) is 16.8. The third kappa shape index (κ3) is 4.41. The van der Waals surface area contributed by atoms with E-state index in [1.165, 1.54) is 29.9 Å². The summed E-state index contributed by atoms with van der Waals surface area (Å²) >= 11 is 0. The van der Waals surface area contributed by atoms with Crippen LogP contribution in [0.4, 0.5) is 5.69 Å². The van der Waals surface area contributed by atoms with Gasteiger partial charge in [-0.05, 0) is 12.5 Å². The molecule has 0 aliphatic rings. The van der Waals surface area contributed by atoms with Crippen molar-refractivity contribution in [1.29, 1.82) is 0 Å². The molecular formula is C12H21N3O4S. The molecule has 0 unspecified atom stereocenters. The highest BCUT2D eigenvalue weighted by molar-refractivity contribution is 7.89. The number of methoxy groups -OCH3 is 2. The van der Waals surface area contributed by atoms with Gasteiger partial charge in [-0.25, -0.2) is 8.42 Å². The van der Waals surface area contributed by atoms with Crippen LogP contribution in [0, 0.1) is 0 Å². The van der Waals surface area contributed by atoms with Crippen LogP contribution in [0.25, 0.3) is 0 Å². The van der Waals surface area contributed by atoms with Gasteiger partial charge in [0.05, 0.1) is 12.3 Å². The predicted molar refractivity (Wildman–Crippen MR) is 75.8 cm³/mol. The predicted octanol–water partition coefficient (Wildman–Crippen LogP) is 0.337. The molecule has 0 spiro atoms. The van der Waals surface area contributed by atoms with Gasteiger partial charge in [-0.1, -0.05) is 0 Å². The first-order valence-corrected chi connectivity index (χ1v) is 7.65. The zero-order valence-corrected chi connectivity index (χ0v) is 12.6. The van der Waals surface area contributed by atoms with Gasteiger partial charge in [0.2, 0.25) is 10.0 Å². The molecule has 0 bridgehead atoms. The summed E-state index contributed by atoms with van der Waals surface area (Å²) in [7, 11) is -0.572. The number of aromatic nitrogens is 1. The fourth-order valence-electron chi connectivity index (χ4n) is 1.68. The van der Waals surface area contributed by atoms with Gasteiger partial charge in [0.15, 0.2) is 0 Å². The molecule has 1 aromatic rings. The lowest BCUT2D eigenvalue weighted by Crippen LogP contribution is -2.35. The number of anilines is 1. The maximum Gasteiger partial charge on any atom is 0.246 e. The smallest absolute Gasteiger partial charge is 0.246 e. The molecule has 0 aromatic carbocycles. The number of sulfonamides is 1. The number of ether oxygens (including phenoxy) is 2. The van der Waals surface area contributed by atoms with Crippen LogP contribution in [0.1, 0.15) is 6.42 Å². The van der Waals surface area contributed by atoms with Crippen molar-refractivity contribution in [2.45, 2.75) is 11.3 Å². The van der Waals surface area contributed by atoms with Crippen LogP contribution in [-0.2, 0) is 19.5 Å². The van der Waals surface area contributed by atoms with Gasteiger partial charge in [0, 0.05) is 46.3 Å². The number of rotatable bonds is 9. The summed E-state index contributed by atoms with van der Waals surface area (Å²) in [5.41, 5.74) is 5.92. The van der Waals surface area contributed by atoms with Gasteiger partial charge in [-0.2, -0.15) is 4.31 Å². The van der Waals surface area contributed by atoms with Crippen LogP contribution >= 0.6 is 0 Å². The highest BCUT2D eigenvalue weighted by Crippen LogP contribution is 2.20. The number of hydrogen-bond donors (Lipinski definition) is 1. The summed E-state index contributed by atoms with van der Waals surface area (Å²) in [5, 5.41) is 0. The number of nitrogen functional groups attached to an aromatic ring is 1. The van der Waals surface area contributed by atoms with Crippen molar-refractivity contribution < 1.29 is 17.9 Å². The van der Waals surface area contributed by atoms with Crippen molar-refractivity contribution in [3.05, 3.63) is 18.5 Å². The maximum absolute atomic E-state index is 12.6. The molecule has 8 heteroatoms. The van der Waals surface area contributed by atoms with Crippen molar-refractivity contribution in [2.75, 3.05) is 46.3 Å². The average molecular weight is 303 g/mol. The lowest BCUT2D eigenvalue weighted by atomic mass is 10.4. The van der Waals surface area contributed by atoms with Gasteiger partial charge in [-0.15, -0.1) is 0 Å². The Balaban J connectivity index is 2.95. The second kappa shape index (κ2) is 8.15. The van der Waals surface area contributed by atoms with Crippen LogP contribution in [0.5, 0.6) is 0 Å². The molecule has 0 atom stereocenters. The molecule has 0 aliphatic carbocycles. The molecule has 1 aromatic heterocycles. The van der Waals surface area contributed by atoms with Crippen LogP contribution < -0.4 is 5.73 Å². The van der Waals surface area contributed by atoms with Crippen LogP contribution in [0.3, 0.4) is 0 Å². The van der Waals surface area contributed by atoms with Crippen molar-refractivity contribution >= 4 is 15.7 Å². The second-order valence-electron chi connectivity index (χ2n) is 4.16. The Kier molecular flexibility index (Phi) is 6.86. The number of pyridine rings is 1. The van der Waals surface area contributed by atoms with E-state index in [1.54, 1.807) is 7.11 Å². The Bertz CT molecular complexity index is 507. The van der Waals surface area contributed by atoms with E-state index in [0.717, 1.165) is 0 Å². The molecule has 1 heterocycles. The summed E-state index contributed by atoms with van der Waals surface area (Å²) in [6.45, 7) is 1.40. The van der Waals surface area contributed by atoms with Gasteiger partial charge in [0.1, 0.15) is 4.90 Å². The Morgan fingerprint density at radius 3 is 2.55 bits per heavy atom. The van der Waals surface area contributed by atoms with E-state index in [-0.39, 0.29) is 17.1 Å². The molecule has 0 fully saturated rings. The fourth-order valence-corrected chi connectivity index (χ4v) is 3.20. The van der Waals surface area contributed by atoms with E-state index in [0.29, 0.717) is 26.2 Å². The molecule has 2 N–H and O–H groups in total. The Morgan fingerprint density at radius 1 is 1.25 bits per heavy atom. The van der Waals surface area contributed by atoms with E-state index < -0.39 is 10.0 Å². The Morgan fingerprint density at radius 2 is 1.95 bits per heavy atom. The van der Waals surface area contributed by atoms with E-state index in [4.69, 9.17) is 15.2 Å². The first-order valence-electron chi connectivity index (χ1n) is 6.21. The minimum absolute atomic E-state index is 0.0218. The molecule has 20 heavy (non-hydrogen) atoms. The SMILES string of the molecule is COCCCN(CCOC)S(=O)(=O)c1cnccc1N. The van der Waals surface area contributed by atoms with Crippen LogP contribution in [0.15, 0.2) is 23.4 Å². The molecule has 0 amide bonds. The first-order chi connectivity index (χ1) is 9.54.